The molecular weight excluding hydrogens is 832 g/mol. The summed E-state index contributed by atoms with van der Waals surface area (Å²) < 4.78 is 54.4. The minimum atomic E-state index is -1.88. The molecule has 0 aliphatic heterocycles. The Morgan fingerprint density at radius 3 is 2.31 bits per heavy atom. The van der Waals surface area contributed by atoms with Gasteiger partial charge in [-0.25, -0.2) is 0 Å². The summed E-state index contributed by atoms with van der Waals surface area (Å²) in [6.07, 6.45) is 0.463. The number of aromatic nitrogens is 2. The first kappa shape index (κ1) is 30.2. The van der Waals surface area contributed by atoms with E-state index in [0.29, 0.717) is 39.1 Å². The predicted octanol–water partition coefficient (Wildman–Crippen LogP) is 10.5. The molecule has 0 aliphatic rings. The maximum atomic E-state index is 13.5. The third-order valence-electron chi connectivity index (χ3n) is 7.64. The number of rotatable bonds is 7. The Morgan fingerprint density at radius 1 is 0.792 bits per heavy atom. The van der Waals surface area contributed by atoms with Crippen molar-refractivity contribution in [1.82, 2.24) is 9.97 Å². The summed E-state index contributed by atoms with van der Waals surface area (Å²) in [5.74, 6) is 6.56. The van der Waals surface area contributed by atoms with Gasteiger partial charge >= 0.3 is 142 Å². The molecule has 3 nitrogen and oxygen atoms in total. The van der Waals surface area contributed by atoms with Crippen molar-refractivity contribution >= 4 is 39.6 Å². The average Bonchev–Trinajstić information content (AvgIpc) is 3.50. The Hall–Kier alpha value is -3.90. The number of nitrogens with zero attached hydrogens (tertiary/aromatic N) is 2. The molecular formula is C42H39FGeIrN2O-2. The topological polar surface area (TPSA) is 38.9 Å². The third kappa shape index (κ3) is 8.57. The number of benzene rings is 4. The molecule has 4 aromatic carbocycles. The van der Waals surface area contributed by atoms with Crippen molar-refractivity contribution in [3.05, 3.63) is 150 Å². The molecule has 3 aromatic heterocycles. The van der Waals surface area contributed by atoms with Crippen LogP contribution in [0.3, 0.4) is 0 Å². The maximum absolute atomic E-state index is 13.5. The van der Waals surface area contributed by atoms with E-state index in [0.717, 1.165) is 22.0 Å². The first-order valence-corrected chi connectivity index (χ1v) is 23.0. The molecule has 0 amide bonds. The van der Waals surface area contributed by atoms with Crippen molar-refractivity contribution in [2.24, 2.45) is 5.92 Å². The Bertz CT molecular complexity index is 2310. The monoisotopic (exact) mass is 877 g/mol. The van der Waals surface area contributed by atoms with E-state index in [4.69, 9.17) is 9.90 Å². The van der Waals surface area contributed by atoms with Crippen molar-refractivity contribution in [3.8, 4) is 22.5 Å². The largest absolute Gasteiger partial charge is 0 e. The second-order valence-corrected chi connectivity index (χ2v) is 23.4. The second-order valence-electron chi connectivity index (χ2n) is 12.7. The smallest absolute Gasteiger partial charge is 0 e. The second kappa shape index (κ2) is 15.5. The zero-order chi connectivity index (χ0) is 36.6. The van der Waals surface area contributed by atoms with Crippen molar-refractivity contribution in [3.63, 3.8) is 0 Å². The van der Waals surface area contributed by atoms with Gasteiger partial charge in [0, 0.05) is 31.8 Å². The van der Waals surface area contributed by atoms with E-state index in [1.165, 1.54) is 16.5 Å². The molecule has 0 saturated carbocycles. The molecule has 0 atom stereocenters. The molecule has 0 aliphatic carbocycles. The molecule has 7 rings (SSSR count). The van der Waals surface area contributed by atoms with Gasteiger partial charge in [-0.1, -0.05) is 55.8 Å². The fourth-order valence-corrected chi connectivity index (χ4v) is 7.44. The van der Waals surface area contributed by atoms with Crippen LogP contribution in [0.5, 0.6) is 0 Å². The minimum Gasteiger partial charge on any atom is 0 e. The van der Waals surface area contributed by atoms with Crippen molar-refractivity contribution < 1.29 is 34.4 Å². The molecule has 3 heterocycles. The van der Waals surface area contributed by atoms with E-state index in [-0.39, 0.29) is 31.8 Å². The van der Waals surface area contributed by atoms with E-state index in [2.05, 4.69) is 45.4 Å². The van der Waals surface area contributed by atoms with Gasteiger partial charge in [-0.05, 0) is 36.0 Å². The van der Waals surface area contributed by atoms with Crippen LogP contribution >= 0.6 is 0 Å². The van der Waals surface area contributed by atoms with Crippen LogP contribution in [-0.2, 0) is 32.9 Å². The van der Waals surface area contributed by atoms with Crippen LogP contribution in [0.15, 0.2) is 120 Å². The van der Waals surface area contributed by atoms with Crippen LogP contribution in [0, 0.1) is 23.9 Å². The molecule has 0 saturated heterocycles. The summed E-state index contributed by atoms with van der Waals surface area (Å²) in [7, 11) is 0. The number of hydrogen-bond donors (Lipinski definition) is 0. The van der Waals surface area contributed by atoms with Crippen LogP contribution in [0.2, 0.25) is 17.3 Å². The third-order valence-corrected chi connectivity index (χ3v) is 11.9. The zero-order valence-electron chi connectivity index (χ0n) is 31.6. The molecule has 0 N–H and O–H groups in total. The number of fused-ring (bicyclic) bond motifs is 3. The Morgan fingerprint density at radius 2 is 1.58 bits per heavy atom. The molecule has 0 unspecified atom stereocenters. The predicted molar refractivity (Wildman–Crippen MR) is 195 cm³/mol. The normalized spacial score (nSPS) is 13.1. The van der Waals surface area contributed by atoms with E-state index in [1.807, 2.05) is 56.4 Å². The van der Waals surface area contributed by atoms with Gasteiger partial charge < -0.3 is 4.98 Å². The first-order valence-electron chi connectivity index (χ1n) is 17.7. The number of pyridine rings is 2. The van der Waals surface area contributed by atoms with Gasteiger partial charge in [0.05, 0.1) is 0 Å². The van der Waals surface area contributed by atoms with Crippen LogP contribution in [0.4, 0.5) is 4.39 Å². The Kier molecular flexibility index (Phi) is 9.78. The van der Waals surface area contributed by atoms with Crippen LogP contribution in [-0.4, -0.2) is 23.2 Å². The summed E-state index contributed by atoms with van der Waals surface area (Å²) in [5, 5.41) is 1.86. The maximum Gasteiger partial charge on any atom is 0 e. The fraction of sp³-hybridized carbons (Fsp3) is 0.190. The summed E-state index contributed by atoms with van der Waals surface area (Å²) in [4.78, 5) is 8.99. The Balaban J connectivity index is 0.000000198. The summed E-state index contributed by atoms with van der Waals surface area (Å²) in [5.41, 5.74) is 5.79. The molecule has 0 spiro atoms. The van der Waals surface area contributed by atoms with E-state index in [9.17, 15) is 4.39 Å². The number of furan rings is 1. The molecule has 6 heteroatoms. The molecule has 0 bridgehead atoms. The first-order chi connectivity index (χ1) is 24.2. The van der Waals surface area contributed by atoms with Crippen molar-refractivity contribution in [2.75, 3.05) is 0 Å². The quantitative estimate of drug-likeness (QED) is 0.118. The molecule has 0 fully saturated rings. The summed E-state index contributed by atoms with van der Waals surface area (Å²) >= 11 is -1.88. The van der Waals surface area contributed by atoms with E-state index in [1.54, 1.807) is 54.7 Å². The number of hydrogen-bond acceptors (Lipinski definition) is 3. The number of halogens is 1. The van der Waals surface area contributed by atoms with Gasteiger partial charge in [0.25, 0.3) is 0 Å². The molecule has 245 valence electrons. The SMILES string of the molecule is [2H]C([2H])(c1ccccc1)c1cc[c-]c(-c2cc(C([2H])([2H])C(C)C)ccn2)c1.[CH3][Ge]([CH3])([CH3])[c]1ccc(-c2[c-]ccc3c2oc2cc(F)ccc23)nc1.[Ir]. The molecule has 48 heavy (non-hydrogen) atoms. The summed E-state index contributed by atoms with van der Waals surface area (Å²) in [6, 6.07) is 36.6. The van der Waals surface area contributed by atoms with Gasteiger partial charge in [0.15, 0.2) is 0 Å². The van der Waals surface area contributed by atoms with Gasteiger partial charge in [-0.15, -0.1) is 35.4 Å². The zero-order valence-corrected chi connectivity index (χ0v) is 32.1. The average molecular weight is 876 g/mol. The van der Waals surface area contributed by atoms with Crippen molar-refractivity contribution in [2.45, 2.75) is 43.9 Å². The molecule has 1 radical (unpaired) electrons. The summed E-state index contributed by atoms with van der Waals surface area (Å²) in [6.45, 7) is 3.70. The van der Waals surface area contributed by atoms with Crippen LogP contribution < -0.4 is 4.40 Å². The Labute approximate surface area is 305 Å². The van der Waals surface area contributed by atoms with Gasteiger partial charge in [0.1, 0.15) is 0 Å². The van der Waals surface area contributed by atoms with Crippen molar-refractivity contribution in [1.29, 1.82) is 0 Å². The molecule has 7 aromatic rings. The van der Waals surface area contributed by atoms with E-state index >= 15 is 0 Å². The van der Waals surface area contributed by atoms with Gasteiger partial charge in [0.2, 0.25) is 0 Å². The minimum absolute atomic E-state index is 0. The van der Waals surface area contributed by atoms with Crippen LogP contribution in [0.25, 0.3) is 44.5 Å². The van der Waals surface area contributed by atoms with Gasteiger partial charge in [-0.2, -0.15) is 0 Å². The fourth-order valence-electron chi connectivity index (χ4n) is 5.27. The van der Waals surface area contributed by atoms with Crippen LogP contribution in [0.1, 0.15) is 36.0 Å². The van der Waals surface area contributed by atoms with E-state index < -0.39 is 26.0 Å². The standard InChI is InChI=1S/C22H22N.C20H17FGeNO.Ir/c1-17(2)13-20-11-12-23-22(16-20)21-10-6-9-19(15-21)14-18-7-4-3-5-8-18;1-22(2,3)14-8-10-18(23-12-14)17-6-4-5-16-15-9-7-13(21)11-19(15)24-20(16)17;/h3-9,11-12,15-17H,13-14H2,1-2H3;4-5,7-12H,1-3H3;/q2*-1;/i13D2,14D2;;. The van der Waals surface area contributed by atoms with Gasteiger partial charge in [-0.3, -0.25) is 0 Å².